The van der Waals surface area contributed by atoms with E-state index >= 15 is 0 Å². The van der Waals surface area contributed by atoms with E-state index in [1.807, 2.05) is 0 Å². The second-order valence-corrected chi connectivity index (χ2v) is 6.88. The van der Waals surface area contributed by atoms with Crippen molar-refractivity contribution in [2.45, 2.75) is 58.5 Å². The van der Waals surface area contributed by atoms with Crippen LogP contribution in [0, 0.1) is 11.8 Å². The molecule has 20 heavy (non-hydrogen) atoms. The highest BCUT2D eigenvalue weighted by Gasteiger charge is 2.43. The average Bonchev–Trinajstić information content (AvgIpc) is 2.54. The average molecular weight is 281 g/mol. The summed E-state index contributed by atoms with van der Waals surface area (Å²) in [5.74, 6) is 1.20. The van der Waals surface area contributed by atoms with Crippen molar-refractivity contribution in [3.8, 4) is 0 Å². The lowest BCUT2D eigenvalue weighted by Crippen LogP contribution is -2.47. The Labute approximate surface area is 121 Å². The molecule has 1 heterocycles. The van der Waals surface area contributed by atoms with Crippen molar-refractivity contribution < 1.29 is 9.59 Å². The fourth-order valence-corrected chi connectivity index (χ4v) is 3.45. The monoisotopic (exact) mass is 281 g/mol. The Balaban J connectivity index is 1.84. The van der Waals surface area contributed by atoms with Crippen LogP contribution in [-0.4, -0.2) is 41.5 Å². The number of nitrogens with one attached hydrogen (secondary N) is 2. The molecular weight excluding hydrogens is 254 g/mol. The highest BCUT2D eigenvalue weighted by atomic mass is 16.2. The number of amides is 3. The maximum atomic E-state index is 12.1. The third-order valence-corrected chi connectivity index (χ3v) is 4.70. The lowest BCUT2D eigenvalue weighted by atomic mass is 9.79. The lowest BCUT2D eigenvalue weighted by molar-refractivity contribution is -0.130. The van der Waals surface area contributed by atoms with Crippen molar-refractivity contribution in [2.75, 3.05) is 13.1 Å². The number of hydrogen-bond donors (Lipinski definition) is 2. The summed E-state index contributed by atoms with van der Waals surface area (Å²) < 4.78 is 0. The van der Waals surface area contributed by atoms with E-state index in [2.05, 4.69) is 24.5 Å². The Morgan fingerprint density at radius 3 is 2.35 bits per heavy atom. The topological polar surface area (TPSA) is 61.4 Å². The summed E-state index contributed by atoms with van der Waals surface area (Å²) in [7, 11) is 0. The summed E-state index contributed by atoms with van der Waals surface area (Å²) in [5, 5.41) is 6.25. The molecule has 2 N–H and O–H groups in total. The molecule has 5 nitrogen and oxygen atoms in total. The van der Waals surface area contributed by atoms with Crippen LogP contribution in [0.2, 0.25) is 0 Å². The Morgan fingerprint density at radius 2 is 1.85 bits per heavy atom. The number of imide groups is 1. The summed E-state index contributed by atoms with van der Waals surface area (Å²) in [4.78, 5) is 25.2. The zero-order valence-corrected chi connectivity index (χ0v) is 13.0. The third kappa shape index (κ3) is 2.97. The quantitative estimate of drug-likeness (QED) is 0.772. The minimum Gasteiger partial charge on any atom is -0.324 e. The fourth-order valence-electron chi connectivity index (χ4n) is 3.45. The SMILES string of the molecule is C[C@@H]1CCC[C@@H](C)C1NCCN1C(=O)NC(C)(C)C1=O. The van der Waals surface area contributed by atoms with E-state index in [0.717, 1.165) is 0 Å². The Kier molecular flexibility index (Phi) is 4.37. The molecule has 1 aliphatic heterocycles. The smallest absolute Gasteiger partial charge is 0.324 e. The molecule has 1 saturated heterocycles. The Morgan fingerprint density at radius 1 is 1.25 bits per heavy atom. The van der Waals surface area contributed by atoms with Gasteiger partial charge >= 0.3 is 6.03 Å². The van der Waals surface area contributed by atoms with Gasteiger partial charge in [-0.1, -0.05) is 20.3 Å². The van der Waals surface area contributed by atoms with Gasteiger partial charge in [-0.15, -0.1) is 0 Å². The van der Waals surface area contributed by atoms with Crippen molar-refractivity contribution in [3.63, 3.8) is 0 Å². The first kappa shape index (κ1) is 15.3. The van der Waals surface area contributed by atoms with E-state index in [0.29, 0.717) is 31.0 Å². The highest BCUT2D eigenvalue weighted by Crippen LogP contribution is 2.28. The van der Waals surface area contributed by atoms with Crippen LogP contribution < -0.4 is 10.6 Å². The molecule has 2 rings (SSSR count). The molecule has 1 aliphatic carbocycles. The van der Waals surface area contributed by atoms with Gasteiger partial charge in [0.05, 0.1) is 0 Å². The van der Waals surface area contributed by atoms with Crippen LogP contribution in [0.25, 0.3) is 0 Å². The van der Waals surface area contributed by atoms with E-state index in [9.17, 15) is 9.59 Å². The number of carbonyl (C=O) groups is 2. The summed E-state index contributed by atoms with van der Waals surface area (Å²) in [6.07, 6.45) is 3.83. The highest BCUT2D eigenvalue weighted by molar-refractivity contribution is 6.06. The molecule has 0 aromatic heterocycles. The molecule has 5 heteroatoms. The summed E-state index contributed by atoms with van der Waals surface area (Å²) in [6.45, 7) is 9.17. The van der Waals surface area contributed by atoms with Crippen molar-refractivity contribution in [3.05, 3.63) is 0 Å². The van der Waals surface area contributed by atoms with Crippen LogP contribution >= 0.6 is 0 Å². The van der Waals surface area contributed by atoms with Gasteiger partial charge in [-0.05, 0) is 38.5 Å². The van der Waals surface area contributed by atoms with Gasteiger partial charge in [0.2, 0.25) is 0 Å². The molecule has 2 atom stereocenters. The zero-order valence-electron chi connectivity index (χ0n) is 13.0. The largest absolute Gasteiger partial charge is 0.325 e. The number of urea groups is 1. The van der Waals surface area contributed by atoms with Gasteiger partial charge in [0.1, 0.15) is 5.54 Å². The zero-order chi connectivity index (χ0) is 14.9. The second kappa shape index (κ2) is 5.72. The number of rotatable bonds is 4. The first-order valence-corrected chi connectivity index (χ1v) is 7.70. The van der Waals surface area contributed by atoms with Crippen molar-refractivity contribution in [1.29, 1.82) is 0 Å². The Hall–Kier alpha value is -1.10. The standard InChI is InChI=1S/C15H27N3O2/c1-10-6-5-7-11(2)12(10)16-8-9-18-13(19)15(3,4)17-14(18)20/h10-12,16H,5-9H2,1-4H3,(H,17,20)/t10-,11-/m1/s1. The fraction of sp³-hybridized carbons (Fsp3) is 0.867. The molecular formula is C15H27N3O2. The van der Waals surface area contributed by atoms with Gasteiger partial charge in [0.25, 0.3) is 5.91 Å². The van der Waals surface area contributed by atoms with Crippen LogP contribution in [0.1, 0.15) is 47.0 Å². The maximum absolute atomic E-state index is 12.1. The normalized spacial score (nSPS) is 30.7. The van der Waals surface area contributed by atoms with Crippen molar-refractivity contribution in [1.82, 2.24) is 15.5 Å². The van der Waals surface area contributed by atoms with Crippen LogP contribution in [0.4, 0.5) is 4.79 Å². The Bertz CT molecular complexity index is 385. The predicted molar refractivity (Wildman–Crippen MR) is 78.3 cm³/mol. The number of hydrogen-bond acceptors (Lipinski definition) is 3. The van der Waals surface area contributed by atoms with Gasteiger partial charge < -0.3 is 10.6 Å². The first-order chi connectivity index (χ1) is 9.33. The molecule has 0 spiro atoms. The van der Waals surface area contributed by atoms with Crippen molar-refractivity contribution in [2.24, 2.45) is 11.8 Å². The van der Waals surface area contributed by atoms with E-state index in [4.69, 9.17) is 0 Å². The van der Waals surface area contributed by atoms with E-state index in [1.54, 1.807) is 13.8 Å². The molecule has 2 aliphatic rings. The van der Waals surface area contributed by atoms with Gasteiger partial charge in [0.15, 0.2) is 0 Å². The second-order valence-electron chi connectivity index (χ2n) is 6.88. The molecule has 1 saturated carbocycles. The molecule has 0 radical (unpaired) electrons. The van der Waals surface area contributed by atoms with Gasteiger partial charge in [-0.2, -0.15) is 0 Å². The summed E-state index contributed by atoms with van der Waals surface area (Å²) in [6, 6.07) is 0.226. The van der Waals surface area contributed by atoms with Gasteiger partial charge in [0, 0.05) is 19.1 Å². The van der Waals surface area contributed by atoms with Gasteiger partial charge in [-0.3, -0.25) is 9.69 Å². The van der Waals surface area contributed by atoms with Gasteiger partial charge in [-0.25, -0.2) is 4.79 Å². The summed E-state index contributed by atoms with van der Waals surface area (Å²) in [5.41, 5.74) is -0.761. The molecule has 0 unspecified atom stereocenters. The maximum Gasteiger partial charge on any atom is 0.325 e. The predicted octanol–water partition coefficient (Wildman–Crippen LogP) is 1.73. The van der Waals surface area contributed by atoms with E-state index in [1.165, 1.54) is 24.2 Å². The molecule has 3 amide bonds. The lowest BCUT2D eigenvalue weighted by Gasteiger charge is -2.35. The van der Waals surface area contributed by atoms with Crippen LogP contribution in [0.5, 0.6) is 0 Å². The number of carbonyl (C=O) groups excluding carboxylic acids is 2. The first-order valence-electron chi connectivity index (χ1n) is 7.70. The molecule has 114 valence electrons. The van der Waals surface area contributed by atoms with Crippen LogP contribution in [-0.2, 0) is 4.79 Å². The minimum absolute atomic E-state index is 0.131. The van der Waals surface area contributed by atoms with Crippen molar-refractivity contribution >= 4 is 11.9 Å². The molecule has 0 aromatic carbocycles. The van der Waals surface area contributed by atoms with Crippen LogP contribution in [0.3, 0.4) is 0 Å². The van der Waals surface area contributed by atoms with Crippen LogP contribution in [0.15, 0.2) is 0 Å². The third-order valence-electron chi connectivity index (χ3n) is 4.70. The minimum atomic E-state index is -0.761. The van der Waals surface area contributed by atoms with E-state index < -0.39 is 5.54 Å². The molecule has 0 bridgehead atoms. The number of nitrogens with zero attached hydrogens (tertiary/aromatic N) is 1. The summed E-state index contributed by atoms with van der Waals surface area (Å²) >= 11 is 0. The molecule has 2 fully saturated rings. The van der Waals surface area contributed by atoms with E-state index in [-0.39, 0.29) is 11.9 Å². The molecule has 0 aromatic rings.